The van der Waals surface area contributed by atoms with Crippen LogP contribution in [0.5, 0.6) is 11.9 Å². The van der Waals surface area contributed by atoms with Gasteiger partial charge in [0.05, 0.1) is 13.5 Å². The maximum Gasteiger partial charge on any atom is 0.318 e. The molecule has 2 aromatic heterocycles. The summed E-state index contributed by atoms with van der Waals surface area (Å²) in [6, 6.07) is 1.69. The van der Waals surface area contributed by atoms with Crippen LogP contribution in [-0.4, -0.2) is 39.0 Å². The Kier molecular flexibility index (Phi) is 7.03. The Hall–Kier alpha value is -3.30. The highest BCUT2D eigenvalue weighted by molar-refractivity contribution is 5.91. The molecule has 10 nitrogen and oxygen atoms in total. The number of amides is 2. The van der Waals surface area contributed by atoms with Gasteiger partial charge in [0.25, 0.3) is 6.33 Å². The summed E-state index contributed by atoms with van der Waals surface area (Å²) in [5.74, 6) is -0.236. The van der Waals surface area contributed by atoms with E-state index in [1.165, 1.54) is 30.4 Å². The lowest BCUT2D eigenvalue weighted by atomic mass is 9.99. The van der Waals surface area contributed by atoms with E-state index in [4.69, 9.17) is 4.74 Å². The fraction of sp³-hybridized carbons (Fsp3) is 0.474. The molecule has 0 saturated carbocycles. The van der Waals surface area contributed by atoms with Crippen molar-refractivity contribution in [1.82, 2.24) is 15.0 Å². The molecule has 156 valence electrons. The fourth-order valence-electron chi connectivity index (χ4n) is 2.69. The van der Waals surface area contributed by atoms with Crippen LogP contribution in [0.25, 0.3) is 0 Å². The van der Waals surface area contributed by atoms with Crippen molar-refractivity contribution in [2.75, 3.05) is 17.7 Å². The van der Waals surface area contributed by atoms with Crippen molar-refractivity contribution in [2.24, 2.45) is 5.92 Å². The topological polar surface area (TPSA) is 130 Å². The SMILES string of the molecule is COc1nccc(NC(=O)CC(C)(C)[n+]2cncc(NC(=O)CC(C)C)c2O)n1. The second kappa shape index (κ2) is 9.26. The van der Waals surface area contributed by atoms with Gasteiger partial charge in [-0.2, -0.15) is 9.55 Å². The minimum Gasteiger partial charge on any atom is -0.476 e. The first-order valence-electron chi connectivity index (χ1n) is 9.18. The maximum absolute atomic E-state index is 12.5. The molecular formula is C19H27N6O4+. The molecule has 0 bridgehead atoms. The largest absolute Gasteiger partial charge is 0.476 e. The lowest BCUT2D eigenvalue weighted by molar-refractivity contribution is -0.762. The number of nitrogens with zero attached hydrogens (tertiary/aromatic N) is 4. The van der Waals surface area contributed by atoms with E-state index < -0.39 is 5.54 Å². The smallest absolute Gasteiger partial charge is 0.318 e. The Morgan fingerprint density at radius 2 is 2.00 bits per heavy atom. The Bertz CT molecular complexity index is 885. The zero-order chi connectivity index (χ0) is 21.6. The first-order chi connectivity index (χ1) is 13.6. The molecule has 0 aliphatic carbocycles. The third-order valence-corrected chi connectivity index (χ3v) is 4.05. The van der Waals surface area contributed by atoms with E-state index in [1.807, 2.05) is 13.8 Å². The van der Waals surface area contributed by atoms with Gasteiger partial charge in [0.1, 0.15) is 11.4 Å². The van der Waals surface area contributed by atoms with Gasteiger partial charge < -0.3 is 20.5 Å². The van der Waals surface area contributed by atoms with Crippen LogP contribution in [0.2, 0.25) is 0 Å². The molecule has 10 heteroatoms. The molecule has 2 heterocycles. The van der Waals surface area contributed by atoms with Crippen molar-refractivity contribution in [3.8, 4) is 11.9 Å². The molecule has 0 saturated heterocycles. The number of aromatic hydroxyl groups is 1. The van der Waals surface area contributed by atoms with Crippen LogP contribution < -0.4 is 19.9 Å². The molecule has 0 aromatic carbocycles. The fourth-order valence-corrected chi connectivity index (χ4v) is 2.69. The molecule has 29 heavy (non-hydrogen) atoms. The van der Waals surface area contributed by atoms with E-state index in [0.717, 1.165) is 0 Å². The molecule has 0 atom stereocenters. The first-order valence-corrected chi connectivity index (χ1v) is 9.18. The summed E-state index contributed by atoms with van der Waals surface area (Å²) in [5, 5.41) is 15.9. The number of nitrogens with one attached hydrogen (secondary N) is 2. The lowest BCUT2D eigenvalue weighted by Crippen LogP contribution is -2.54. The second-order valence-electron chi connectivity index (χ2n) is 7.61. The quantitative estimate of drug-likeness (QED) is 0.571. The van der Waals surface area contributed by atoms with Gasteiger partial charge in [0.2, 0.25) is 11.8 Å². The van der Waals surface area contributed by atoms with Crippen molar-refractivity contribution in [1.29, 1.82) is 0 Å². The minimum absolute atomic E-state index is 0.0165. The zero-order valence-corrected chi connectivity index (χ0v) is 17.3. The molecule has 3 N–H and O–H groups in total. The Morgan fingerprint density at radius 1 is 1.28 bits per heavy atom. The van der Waals surface area contributed by atoms with Gasteiger partial charge >= 0.3 is 11.9 Å². The molecule has 0 unspecified atom stereocenters. The lowest BCUT2D eigenvalue weighted by Gasteiger charge is -2.23. The van der Waals surface area contributed by atoms with Gasteiger partial charge in [0, 0.05) is 12.6 Å². The Balaban J connectivity index is 2.14. The van der Waals surface area contributed by atoms with Gasteiger partial charge in [-0.3, -0.25) is 9.59 Å². The number of aromatic nitrogens is 4. The van der Waals surface area contributed by atoms with E-state index in [1.54, 1.807) is 19.9 Å². The van der Waals surface area contributed by atoms with Gasteiger partial charge in [-0.05, 0) is 25.8 Å². The van der Waals surface area contributed by atoms with E-state index >= 15 is 0 Å². The summed E-state index contributed by atoms with van der Waals surface area (Å²) < 4.78 is 6.38. The number of hydrogen-bond donors (Lipinski definition) is 3. The first kappa shape index (κ1) is 22.0. The molecule has 0 radical (unpaired) electrons. The number of carbonyl (C=O) groups is 2. The summed E-state index contributed by atoms with van der Waals surface area (Å²) in [7, 11) is 1.43. The summed E-state index contributed by atoms with van der Waals surface area (Å²) in [5.41, 5.74) is -0.649. The molecular weight excluding hydrogens is 376 g/mol. The van der Waals surface area contributed by atoms with Crippen molar-refractivity contribution in [2.45, 2.75) is 46.1 Å². The maximum atomic E-state index is 12.5. The van der Waals surface area contributed by atoms with Gasteiger partial charge in [-0.1, -0.05) is 18.8 Å². The molecule has 2 rings (SSSR count). The average Bonchev–Trinajstić information content (AvgIpc) is 2.62. The Morgan fingerprint density at radius 3 is 2.66 bits per heavy atom. The zero-order valence-electron chi connectivity index (χ0n) is 17.3. The molecule has 0 aliphatic heterocycles. The van der Waals surface area contributed by atoms with E-state index in [2.05, 4.69) is 25.6 Å². The monoisotopic (exact) mass is 403 g/mol. The third-order valence-electron chi connectivity index (χ3n) is 4.05. The summed E-state index contributed by atoms with van der Waals surface area (Å²) in [6.07, 6.45) is 4.59. The highest BCUT2D eigenvalue weighted by Gasteiger charge is 2.33. The van der Waals surface area contributed by atoms with Crippen LogP contribution in [0.15, 0.2) is 24.8 Å². The number of methoxy groups -OCH3 is 1. The number of hydrogen-bond acceptors (Lipinski definition) is 7. The van der Waals surface area contributed by atoms with Crippen molar-refractivity contribution >= 4 is 23.3 Å². The highest BCUT2D eigenvalue weighted by atomic mass is 16.5. The standard InChI is InChI=1S/C19H26N6O4/c1-12(2)8-15(26)22-13-10-20-11-25(17(13)28)19(3,4)9-16(27)23-14-6-7-21-18(24-14)29-5/h6-7,10-12H,8-9H2,1-5H3,(H2,21,22,23,24,26,27)/p+1. The van der Waals surface area contributed by atoms with Crippen LogP contribution in [-0.2, 0) is 15.1 Å². The predicted octanol–water partition coefficient (Wildman–Crippen LogP) is 1.62. The number of carbonyl (C=O) groups excluding carboxylic acids is 2. The third kappa shape index (κ3) is 6.09. The summed E-state index contributed by atoms with van der Waals surface area (Å²) >= 11 is 0. The van der Waals surface area contributed by atoms with Crippen molar-refractivity contribution in [3.05, 3.63) is 24.8 Å². The van der Waals surface area contributed by atoms with Gasteiger partial charge in [0.15, 0.2) is 11.9 Å². The van der Waals surface area contributed by atoms with Crippen LogP contribution in [0.3, 0.4) is 0 Å². The Labute approximate surface area is 169 Å². The van der Waals surface area contributed by atoms with E-state index in [0.29, 0.717) is 12.2 Å². The summed E-state index contributed by atoms with van der Waals surface area (Å²) in [4.78, 5) is 36.5. The average molecular weight is 403 g/mol. The molecule has 0 fully saturated rings. The minimum atomic E-state index is -0.836. The molecule has 2 amide bonds. The van der Waals surface area contributed by atoms with Crippen LogP contribution in [0, 0.1) is 5.92 Å². The van der Waals surface area contributed by atoms with Crippen LogP contribution in [0.1, 0.15) is 40.5 Å². The molecule has 0 aliphatic rings. The predicted molar refractivity (Wildman–Crippen MR) is 105 cm³/mol. The van der Waals surface area contributed by atoms with E-state index in [9.17, 15) is 14.7 Å². The number of ether oxygens (including phenoxy) is 1. The second-order valence-corrected chi connectivity index (χ2v) is 7.61. The molecule has 2 aromatic rings. The van der Waals surface area contributed by atoms with Gasteiger partial charge in [-0.25, -0.2) is 4.98 Å². The summed E-state index contributed by atoms with van der Waals surface area (Å²) in [6.45, 7) is 7.40. The number of anilines is 2. The van der Waals surface area contributed by atoms with Crippen molar-refractivity contribution < 1.29 is 24.0 Å². The van der Waals surface area contributed by atoms with Crippen LogP contribution in [0.4, 0.5) is 11.5 Å². The molecule has 0 spiro atoms. The van der Waals surface area contributed by atoms with Crippen molar-refractivity contribution in [3.63, 3.8) is 0 Å². The van der Waals surface area contributed by atoms with Crippen LogP contribution >= 0.6 is 0 Å². The van der Waals surface area contributed by atoms with E-state index in [-0.39, 0.29) is 41.7 Å². The highest BCUT2D eigenvalue weighted by Crippen LogP contribution is 2.23. The normalized spacial score (nSPS) is 11.2. The van der Waals surface area contributed by atoms with Gasteiger partial charge in [-0.15, -0.1) is 0 Å². The number of rotatable bonds is 8.